The molecule has 25 heavy (non-hydrogen) atoms. The second-order valence-corrected chi connectivity index (χ2v) is 5.41. The molecule has 0 unspecified atom stereocenters. The van der Waals surface area contributed by atoms with Gasteiger partial charge in [-0.3, -0.25) is 4.79 Å². The lowest BCUT2D eigenvalue weighted by Crippen LogP contribution is -2.14. The Balaban J connectivity index is 1.69. The summed E-state index contributed by atoms with van der Waals surface area (Å²) >= 11 is 0. The topological polar surface area (TPSA) is 85.4 Å². The SMILES string of the molecule is CCCCC(=O)Nc1ccc(NCCOc2ccc(OC)cc2)nn1. The Morgan fingerprint density at radius 1 is 1.04 bits per heavy atom. The molecule has 0 saturated heterocycles. The van der Waals surface area contributed by atoms with Crippen LogP contribution in [0.1, 0.15) is 26.2 Å². The maximum atomic E-state index is 11.6. The Morgan fingerprint density at radius 3 is 2.36 bits per heavy atom. The summed E-state index contributed by atoms with van der Waals surface area (Å²) in [5, 5.41) is 13.9. The molecule has 0 bridgehead atoms. The molecular weight excluding hydrogens is 320 g/mol. The number of ether oxygens (including phenoxy) is 2. The van der Waals surface area contributed by atoms with E-state index in [0.717, 1.165) is 24.3 Å². The molecule has 1 aromatic heterocycles. The van der Waals surface area contributed by atoms with E-state index in [4.69, 9.17) is 9.47 Å². The van der Waals surface area contributed by atoms with Crippen LogP contribution in [-0.4, -0.2) is 36.4 Å². The number of benzene rings is 1. The minimum atomic E-state index is -0.0373. The smallest absolute Gasteiger partial charge is 0.225 e. The molecular formula is C18H24N4O3. The Hall–Kier alpha value is -2.83. The summed E-state index contributed by atoms with van der Waals surface area (Å²) in [4.78, 5) is 11.6. The van der Waals surface area contributed by atoms with E-state index >= 15 is 0 Å². The van der Waals surface area contributed by atoms with E-state index in [2.05, 4.69) is 20.8 Å². The zero-order chi connectivity index (χ0) is 17.9. The molecule has 2 N–H and O–H groups in total. The second kappa shape index (κ2) is 10.1. The third-order valence-electron chi connectivity index (χ3n) is 3.43. The van der Waals surface area contributed by atoms with E-state index < -0.39 is 0 Å². The van der Waals surface area contributed by atoms with Gasteiger partial charge in [0.25, 0.3) is 0 Å². The van der Waals surface area contributed by atoms with Gasteiger partial charge >= 0.3 is 0 Å². The van der Waals surface area contributed by atoms with Crippen molar-refractivity contribution in [2.24, 2.45) is 0 Å². The second-order valence-electron chi connectivity index (χ2n) is 5.41. The molecule has 0 aliphatic heterocycles. The van der Waals surface area contributed by atoms with Crippen molar-refractivity contribution in [2.45, 2.75) is 26.2 Å². The summed E-state index contributed by atoms with van der Waals surface area (Å²) in [6.45, 7) is 3.12. The number of nitrogens with zero attached hydrogens (tertiary/aromatic N) is 2. The van der Waals surface area contributed by atoms with Crippen molar-refractivity contribution in [1.29, 1.82) is 0 Å². The number of hydrogen-bond acceptors (Lipinski definition) is 6. The van der Waals surface area contributed by atoms with E-state index in [0.29, 0.717) is 31.2 Å². The van der Waals surface area contributed by atoms with Gasteiger partial charge in [-0.2, -0.15) is 0 Å². The minimum absolute atomic E-state index is 0.0373. The Bertz CT molecular complexity index is 644. The van der Waals surface area contributed by atoms with Gasteiger partial charge in [-0.1, -0.05) is 13.3 Å². The highest BCUT2D eigenvalue weighted by molar-refractivity contribution is 5.89. The van der Waals surface area contributed by atoms with Gasteiger partial charge in [0.1, 0.15) is 23.9 Å². The van der Waals surface area contributed by atoms with Gasteiger partial charge in [-0.25, -0.2) is 0 Å². The van der Waals surface area contributed by atoms with Crippen LogP contribution >= 0.6 is 0 Å². The van der Waals surface area contributed by atoms with Crippen LogP contribution in [-0.2, 0) is 4.79 Å². The highest BCUT2D eigenvalue weighted by Gasteiger charge is 2.03. The number of rotatable bonds is 10. The Morgan fingerprint density at radius 2 is 1.72 bits per heavy atom. The average molecular weight is 344 g/mol. The molecule has 134 valence electrons. The van der Waals surface area contributed by atoms with Crippen LogP contribution in [0.15, 0.2) is 36.4 Å². The van der Waals surface area contributed by atoms with E-state index in [9.17, 15) is 4.79 Å². The summed E-state index contributed by atoms with van der Waals surface area (Å²) < 4.78 is 10.7. The van der Waals surface area contributed by atoms with Crippen LogP contribution in [0, 0.1) is 0 Å². The number of methoxy groups -OCH3 is 1. The first-order valence-electron chi connectivity index (χ1n) is 8.35. The highest BCUT2D eigenvalue weighted by Crippen LogP contribution is 2.16. The average Bonchev–Trinajstić information content (AvgIpc) is 2.65. The number of nitrogens with one attached hydrogen (secondary N) is 2. The summed E-state index contributed by atoms with van der Waals surface area (Å²) in [6, 6.07) is 10.9. The first kappa shape index (κ1) is 18.5. The number of carbonyl (C=O) groups is 1. The lowest BCUT2D eigenvalue weighted by atomic mass is 10.2. The van der Waals surface area contributed by atoms with Crippen molar-refractivity contribution in [3.8, 4) is 11.5 Å². The fourth-order valence-electron chi connectivity index (χ4n) is 2.06. The fourth-order valence-corrected chi connectivity index (χ4v) is 2.06. The van der Waals surface area contributed by atoms with Crippen molar-refractivity contribution < 1.29 is 14.3 Å². The van der Waals surface area contributed by atoms with Gasteiger partial charge in [0, 0.05) is 6.42 Å². The highest BCUT2D eigenvalue weighted by atomic mass is 16.5. The van der Waals surface area contributed by atoms with Crippen LogP contribution in [0.2, 0.25) is 0 Å². The van der Waals surface area contributed by atoms with E-state index in [1.165, 1.54) is 0 Å². The van der Waals surface area contributed by atoms with Crippen molar-refractivity contribution in [3.05, 3.63) is 36.4 Å². The normalized spacial score (nSPS) is 10.2. The number of hydrogen-bond donors (Lipinski definition) is 2. The first-order valence-corrected chi connectivity index (χ1v) is 8.35. The van der Waals surface area contributed by atoms with Gasteiger partial charge in [0.05, 0.1) is 13.7 Å². The molecule has 1 amide bonds. The molecule has 1 heterocycles. The largest absolute Gasteiger partial charge is 0.497 e. The number of amides is 1. The Labute approximate surface area is 147 Å². The summed E-state index contributed by atoms with van der Waals surface area (Å²) in [6.07, 6.45) is 2.36. The van der Waals surface area contributed by atoms with Crippen LogP contribution in [0.25, 0.3) is 0 Å². The number of aromatic nitrogens is 2. The summed E-state index contributed by atoms with van der Waals surface area (Å²) in [7, 11) is 1.63. The van der Waals surface area contributed by atoms with Crippen LogP contribution in [0.5, 0.6) is 11.5 Å². The molecule has 2 rings (SSSR count). The number of anilines is 2. The maximum Gasteiger partial charge on any atom is 0.225 e. The molecule has 0 spiro atoms. The van der Waals surface area contributed by atoms with E-state index in [1.54, 1.807) is 19.2 Å². The lowest BCUT2D eigenvalue weighted by Gasteiger charge is -2.09. The van der Waals surface area contributed by atoms with Crippen LogP contribution < -0.4 is 20.1 Å². The number of unbranched alkanes of at least 4 members (excludes halogenated alkanes) is 1. The van der Waals surface area contributed by atoms with Gasteiger partial charge in [0.2, 0.25) is 5.91 Å². The molecule has 2 aromatic rings. The molecule has 0 aliphatic carbocycles. The monoisotopic (exact) mass is 344 g/mol. The molecule has 0 atom stereocenters. The summed E-state index contributed by atoms with van der Waals surface area (Å²) in [5.74, 6) is 2.62. The predicted octanol–water partition coefficient (Wildman–Crippen LogP) is 3.10. The van der Waals surface area contributed by atoms with Crippen molar-refractivity contribution in [1.82, 2.24) is 10.2 Å². The molecule has 7 nitrogen and oxygen atoms in total. The third kappa shape index (κ3) is 6.66. The standard InChI is InChI=1S/C18H24N4O3/c1-3-4-5-18(23)20-17-11-10-16(21-22-17)19-12-13-25-15-8-6-14(24-2)7-9-15/h6-11H,3-5,12-13H2,1-2H3,(H,19,21)(H,20,22,23). The van der Waals surface area contributed by atoms with E-state index in [-0.39, 0.29) is 5.91 Å². The molecule has 0 radical (unpaired) electrons. The van der Waals surface area contributed by atoms with Crippen molar-refractivity contribution >= 4 is 17.5 Å². The zero-order valence-corrected chi connectivity index (χ0v) is 14.6. The predicted molar refractivity (Wildman–Crippen MR) is 97.2 cm³/mol. The molecule has 7 heteroatoms. The Kier molecular flexibility index (Phi) is 7.49. The summed E-state index contributed by atoms with van der Waals surface area (Å²) in [5.41, 5.74) is 0. The van der Waals surface area contributed by atoms with Crippen molar-refractivity contribution in [2.75, 3.05) is 30.9 Å². The van der Waals surface area contributed by atoms with Gasteiger partial charge in [-0.05, 0) is 42.8 Å². The molecule has 0 aliphatic rings. The van der Waals surface area contributed by atoms with Crippen LogP contribution in [0.4, 0.5) is 11.6 Å². The molecule has 1 aromatic carbocycles. The third-order valence-corrected chi connectivity index (χ3v) is 3.43. The maximum absolute atomic E-state index is 11.6. The number of carbonyl (C=O) groups excluding carboxylic acids is 1. The first-order chi connectivity index (χ1) is 12.2. The quantitative estimate of drug-likeness (QED) is 0.644. The van der Waals surface area contributed by atoms with Crippen LogP contribution in [0.3, 0.4) is 0 Å². The van der Waals surface area contributed by atoms with Crippen molar-refractivity contribution in [3.63, 3.8) is 0 Å². The fraction of sp³-hybridized carbons (Fsp3) is 0.389. The van der Waals surface area contributed by atoms with Gasteiger partial charge in [-0.15, -0.1) is 10.2 Å². The zero-order valence-electron chi connectivity index (χ0n) is 14.6. The van der Waals surface area contributed by atoms with Gasteiger partial charge in [0.15, 0.2) is 5.82 Å². The molecule has 0 fully saturated rings. The minimum Gasteiger partial charge on any atom is -0.497 e. The molecule has 0 saturated carbocycles. The lowest BCUT2D eigenvalue weighted by molar-refractivity contribution is -0.116. The van der Waals surface area contributed by atoms with E-state index in [1.807, 2.05) is 31.2 Å². The van der Waals surface area contributed by atoms with Gasteiger partial charge < -0.3 is 20.1 Å².